The maximum Gasteiger partial charge on any atom is 0.165 e. The van der Waals surface area contributed by atoms with E-state index in [0.717, 1.165) is 18.2 Å². The summed E-state index contributed by atoms with van der Waals surface area (Å²) in [4.78, 5) is 0. The summed E-state index contributed by atoms with van der Waals surface area (Å²) in [5.41, 5.74) is 1.31. The van der Waals surface area contributed by atoms with E-state index in [-0.39, 0.29) is 11.2 Å². The average molecular weight is 249 g/mol. The molecule has 1 N–H and O–H groups in total. The van der Waals surface area contributed by atoms with E-state index < -0.39 is 0 Å². The second-order valence-electron chi connectivity index (χ2n) is 5.51. The van der Waals surface area contributed by atoms with Crippen molar-refractivity contribution in [2.24, 2.45) is 0 Å². The van der Waals surface area contributed by atoms with Crippen molar-refractivity contribution in [3.63, 3.8) is 0 Å². The van der Waals surface area contributed by atoms with Crippen molar-refractivity contribution < 1.29 is 9.13 Å². The molecule has 0 radical (unpaired) electrons. The molecule has 98 valence electrons. The van der Waals surface area contributed by atoms with E-state index >= 15 is 0 Å². The first kappa shape index (κ1) is 12.0. The van der Waals surface area contributed by atoms with Gasteiger partial charge in [-0.15, -0.1) is 0 Å². The Hall–Kier alpha value is -1.09. The molecule has 0 saturated heterocycles. The largest absolute Gasteiger partial charge is 0.491 e. The highest BCUT2D eigenvalue weighted by atomic mass is 19.1. The molecular weight excluding hydrogens is 229 g/mol. The maximum atomic E-state index is 13.9. The number of nitrogens with one attached hydrogen (secondary N) is 1. The molecule has 0 atom stereocenters. The standard InChI is InChI=1S/C15H20FNO/c1-2-18-14-6-3-11(9-13(14)16)15(7-8-15)10-17-12-4-5-12/h3,6,9,12,17H,2,4-5,7-8,10H2,1H3. The lowest BCUT2D eigenvalue weighted by Crippen LogP contribution is -2.28. The Morgan fingerprint density at radius 2 is 2.17 bits per heavy atom. The van der Waals surface area contributed by atoms with Crippen LogP contribution in [0.1, 0.15) is 38.2 Å². The third-order valence-electron chi connectivity index (χ3n) is 4.00. The van der Waals surface area contributed by atoms with Gasteiger partial charge in [-0.3, -0.25) is 0 Å². The average Bonchev–Trinajstić information content (AvgIpc) is 3.25. The lowest BCUT2D eigenvalue weighted by Gasteiger charge is -2.17. The van der Waals surface area contributed by atoms with Gasteiger partial charge in [0.1, 0.15) is 0 Å². The fourth-order valence-electron chi connectivity index (χ4n) is 2.45. The molecule has 0 heterocycles. The quantitative estimate of drug-likeness (QED) is 0.836. The highest BCUT2D eigenvalue weighted by molar-refractivity contribution is 5.37. The Kier molecular flexibility index (Phi) is 3.02. The van der Waals surface area contributed by atoms with E-state index in [1.165, 1.54) is 25.7 Å². The molecule has 1 aromatic rings. The highest BCUT2D eigenvalue weighted by Gasteiger charge is 2.45. The van der Waals surface area contributed by atoms with Crippen molar-refractivity contribution in [2.45, 2.75) is 44.1 Å². The first-order valence-corrected chi connectivity index (χ1v) is 6.90. The van der Waals surface area contributed by atoms with Crippen LogP contribution in [-0.4, -0.2) is 19.2 Å². The third kappa shape index (κ3) is 2.37. The van der Waals surface area contributed by atoms with Crippen molar-refractivity contribution >= 4 is 0 Å². The van der Waals surface area contributed by atoms with Gasteiger partial charge in [-0.25, -0.2) is 4.39 Å². The zero-order chi connectivity index (χ0) is 12.6. The van der Waals surface area contributed by atoms with Crippen LogP contribution in [0.3, 0.4) is 0 Å². The molecular formula is C15H20FNO. The molecule has 2 aliphatic rings. The lowest BCUT2D eigenvalue weighted by molar-refractivity contribution is 0.321. The van der Waals surface area contributed by atoms with Crippen LogP contribution in [0.25, 0.3) is 0 Å². The van der Waals surface area contributed by atoms with E-state index in [9.17, 15) is 4.39 Å². The van der Waals surface area contributed by atoms with Gasteiger partial charge in [-0.1, -0.05) is 6.07 Å². The van der Waals surface area contributed by atoms with Crippen molar-refractivity contribution in [1.29, 1.82) is 0 Å². The smallest absolute Gasteiger partial charge is 0.165 e. The van der Waals surface area contributed by atoms with Crippen molar-refractivity contribution in [3.05, 3.63) is 29.6 Å². The number of rotatable bonds is 6. The van der Waals surface area contributed by atoms with Crippen LogP contribution in [0.4, 0.5) is 4.39 Å². The van der Waals surface area contributed by atoms with Crippen LogP contribution in [0.2, 0.25) is 0 Å². The molecule has 0 aromatic heterocycles. The van der Waals surface area contributed by atoms with Crippen molar-refractivity contribution in [2.75, 3.05) is 13.2 Å². The van der Waals surface area contributed by atoms with Gasteiger partial charge in [0, 0.05) is 18.0 Å². The Balaban J connectivity index is 1.72. The van der Waals surface area contributed by atoms with Crippen molar-refractivity contribution in [3.8, 4) is 5.75 Å². The minimum atomic E-state index is -0.230. The number of halogens is 1. The minimum Gasteiger partial charge on any atom is -0.491 e. The van der Waals surface area contributed by atoms with Gasteiger partial charge in [0.15, 0.2) is 11.6 Å². The van der Waals surface area contributed by atoms with Gasteiger partial charge >= 0.3 is 0 Å². The number of hydrogen-bond acceptors (Lipinski definition) is 2. The molecule has 1 aromatic carbocycles. The van der Waals surface area contributed by atoms with Gasteiger partial charge < -0.3 is 10.1 Å². The van der Waals surface area contributed by atoms with Gasteiger partial charge in [0.25, 0.3) is 0 Å². The first-order chi connectivity index (χ1) is 8.73. The Morgan fingerprint density at radius 1 is 1.39 bits per heavy atom. The van der Waals surface area contributed by atoms with Crippen LogP contribution in [0, 0.1) is 5.82 Å². The van der Waals surface area contributed by atoms with E-state index in [0.29, 0.717) is 12.4 Å². The monoisotopic (exact) mass is 249 g/mol. The highest BCUT2D eigenvalue weighted by Crippen LogP contribution is 2.48. The molecule has 0 spiro atoms. The zero-order valence-corrected chi connectivity index (χ0v) is 10.8. The summed E-state index contributed by atoms with van der Waals surface area (Å²) in [6, 6.07) is 6.17. The van der Waals surface area contributed by atoms with Gasteiger partial charge in [-0.2, -0.15) is 0 Å². The molecule has 2 nitrogen and oxygen atoms in total. The second-order valence-corrected chi connectivity index (χ2v) is 5.51. The van der Waals surface area contributed by atoms with Crippen LogP contribution in [-0.2, 0) is 5.41 Å². The Morgan fingerprint density at radius 3 is 2.72 bits per heavy atom. The zero-order valence-electron chi connectivity index (χ0n) is 10.8. The van der Waals surface area contributed by atoms with Crippen LogP contribution < -0.4 is 10.1 Å². The summed E-state index contributed by atoms with van der Waals surface area (Å²) in [7, 11) is 0. The summed E-state index contributed by atoms with van der Waals surface area (Å²) in [6.07, 6.45) is 4.93. The van der Waals surface area contributed by atoms with Gasteiger partial charge in [-0.05, 0) is 50.3 Å². The van der Waals surface area contributed by atoms with Crippen molar-refractivity contribution in [1.82, 2.24) is 5.32 Å². The number of benzene rings is 1. The van der Waals surface area contributed by atoms with Crippen LogP contribution in [0.5, 0.6) is 5.75 Å². The van der Waals surface area contributed by atoms with Gasteiger partial charge in [0.2, 0.25) is 0 Å². The fraction of sp³-hybridized carbons (Fsp3) is 0.600. The summed E-state index contributed by atoms with van der Waals surface area (Å²) in [5, 5.41) is 3.56. The SMILES string of the molecule is CCOc1ccc(C2(CNC3CC3)CC2)cc1F. The molecule has 0 amide bonds. The fourth-order valence-corrected chi connectivity index (χ4v) is 2.45. The molecule has 0 aliphatic heterocycles. The van der Waals surface area contributed by atoms with Gasteiger partial charge in [0.05, 0.1) is 6.61 Å². The van der Waals surface area contributed by atoms with Crippen LogP contribution >= 0.6 is 0 Å². The summed E-state index contributed by atoms with van der Waals surface area (Å²) in [6.45, 7) is 3.37. The third-order valence-corrected chi connectivity index (χ3v) is 4.00. The van der Waals surface area contributed by atoms with E-state index in [1.54, 1.807) is 12.1 Å². The van der Waals surface area contributed by atoms with E-state index in [2.05, 4.69) is 5.32 Å². The maximum absolute atomic E-state index is 13.9. The predicted molar refractivity (Wildman–Crippen MR) is 69.5 cm³/mol. The van der Waals surface area contributed by atoms with Crippen LogP contribution in [0.15, 0.2) is 18.2 Å². The normalized spacial score (nSPS) is 20.8. The topological polar surface area (TPSA) is 21.3 Å². The summed E-state index contributed by atoms with van der Waals surface area (Å²) >= 11 is 0. The molecule has 0 unspecified atom stereocenters. The lowest BCUT2D eigenvalue weighted by atomic mass is 9.95. The summed E-state index contributed by atoms with van der Waals surface area (Å²) < 4.78 is 19.1. The molecule has 3 heteroatoms. The second kappa shape index (κ2) is 4.54. The molecule has 0 bridgehead atoms. The number of hydrogen-bond donors (Lipinski definition) is 1. The summed E-state index contributed by atoms with van der Waals surface area (Å²) in [5.74, 6) is 0.138. The van der Waals surface area contributed by atoms with E-state index in [4.69, 9.17) is 4.74 Å². The Labute approximate surface area is 108 Å². The molecule has 2 fully saturated rings. The molecule has 18 heavy (non-hydrogen) atoms. The Bertz CT molecular complexity index is 438. The minimum absolute atomic E-state index is 0.189. The first-order valence-electron chi connectivity index (χ1n) is 6.90. The molecule has 3 rings (SSSR count). The molecule has 2 aliphatic carbocycles. The molecule has 2 saturated carbocycles. The number of ether oxygens (including phenoxy) is 1. The van der Waals surface area contributed by atoms with E-state index in [1.807, 2.05) is 13.0 Å². The predicted octanol–water partition coefficient (Wildman–Crippen LogP) is 3.01.